The van der Waals surface area contributed by atoms with E-state index >= 15 is 4.21 Å². The third-order valence-electron chi connectivity index (χ3n) is 10.9. The lowest BCUT2D eigenvalue weighted by Gasteiger charge is -2.28. The van der Waals surface area contributed by atoms with Gasteiger partial charge in [0.2, 0.25) is 0 Å². The second-order valence-corrected chi connectivity index (χ2v) is 24.9. The summed E-state index contributed by atoms with van der Waals surface area (Å²) < 4.78 is 62.0. The van der Waals surface area contributed by atoms with Gasteiger partial charge in [0.25, 0.3) is 0 Å². The second-order valence-electron chi connectivity index (χ2n) is 20.2. The predicted molar refractivity (Wildman–Crippen MR) is 268 cm³/mol. The SMILES string of the molecule is COC(=O)COc1c2cc(C(C)(C)C)cc1Sc1cc(C(C)(C)C)cc(c1OCC(=O)OC)S(=O)c1cc(C(C)(C)C)cc(c1OCC(=O)OC)Sc1cc(C(C)(C)C)cc(c1OCC(=O)OC)S2. The first-order chi connectivity index (χ1) is 32.1. The first kappa shape index (κ1) is 55.1. The van der Waals surface area contributed by atoms with E-state index in [1.165, 1.54) is 63.7 Å². The summed E-state index contributed by atoms with van der Waals surface area (Å²) in [5, 5.41) is 0. The van der Waals surface area contributed by atoms with Crippen molar-refractivity contribution in [2.24, 2.45) is 0 Å². The Bertz CT molecular complexity index is 2450. The summed E-state index contributed by atoms with van der Waals surface area (Å²) in [7, 11) is 2.90. The Morgan fingerprint density at radius 1 is 0.377 bits per heavy atom. The Kier molecular flexibility index (Phi) is 17.6. The molecule has 0 atom stereocenters. The largest absolute Gasteiger partial charge is 0.480 e. The van der Waals surface area contributed by atoms with Gasteiger partial charge in [-0.15, -0.1) is 0 Å². The summed E-state index contributed by atoms with van der Waals surface area (Å²) in [6.45, 7) is 22.7. The van der Waals surface area contributed by atoms with Gasteiger partial charge in [-0.25, -0.2) is 23.4 Å². The summed E-state index contributed by atoms with van der Waals surface area (Å²) in [5.41, 5.74) is 1.50. The van der Waals surface area contributed by atoms with Crippen LogP contribution in [0.25, 0.3) is 0 Å². The van der Waals surface area contributed by atoms with Gasteiger partial charge in [0.1, 0.15) is 11.5 Å². The van der Waals surface area contributed by atoms with Crippen LogP contribution in [0, 0.1) is 0 Å². The minimum absolute atomic E-state index is 0.130. The topological polar surface area (TPSA) is 159 Å². The highest BCUT2D eigenvalue weighted by molar-refractivity contribution is 8.01. The molecule has 0 unspecified atom stereocenters. The smallest absolute Gasteiger partial charge is 0.343 e. The Morgan fingerprint density at radius 3 is 0.797 bits per heavy atom. The normalized spacial score (nSPS) is 13.2. The van der Waals surface area contributed by atoms with Gasteiger partial charge in [-0.3, -0.25) is 0 Å². The van der Waals surface area contributed by atoms with Crippen LogP contribution in [-0.2, 0) is 70.6 Å². The predicted octanol–water partition coefficient (Wildman–Crippen LogP) is 11.0. The molecule has 1 heterocycles. The highest BCUT2D eigenvalue weighted by Crippen LogP contribution is 2.55. The molecule has 0 aliphatic carbocycles. The van der Waals surface area contributed by atoms with E-state index < -0.39 is 82.8 Å². The number of esters is 4. The molecule has 0 fully saturated rings. The van der Waals surface area contributed by atoms with E-state index in [-0.39, 0.29) is 21.3 Å². The Hall–Kier alpha value is -4.84. The van der Waals surface area contributed by atoms with Gasteiger partial charge in [0.15, 0.2) is 37.9 Å². The first-order valence-electron chi connectivity index (χ1n) is 22.1. The van der Waals surface area contributed by atoms with Crippen molar-refractivity contribution in [2.75, 3.05) is 54.9 Å². The van der Waals surface area contributed by atoms with Gasteiger partial charge in [-0.1, -0.05) is 118 Å². The van der Waals surface area contributed by atoms with Crippen LogP contribution in [0.15, 0.2) is 87.7 Å². The van der Waals surface area contributed by atoms with Gasteiger partial charge in [0.05, 0.1) is 78.4 Å². The highest BCUT2D eigenvalue weighted by Gasteiger charge is 2.33. The lowest BCUT2D eigenvalue weighted by atomic mass is 9.87. The fourth-order valence-electron chi connectivity index (χ4n) is 6.57. The van der Waals surface area contributed by atoms with Crippen LogP contribution < -0.4 is 18.9 Å². The van der Waals surface area contributed by atoms with Crippen LogP contribution >= 0.6 is 35.3 Å². The van der Waals surface area contributed by atoms with E-state index in [4.69, 9.17) is 37.9 Å². The number of ether oxygens (including phenoxy) is 8. The molecule has 13 nitrogen and oxygen atoms in total. The average molecular weight is 1030 g/mol. The molecule has 0 radical (unpaired) electrons. The minimum Gasteiger partial charge on any atom is -0.480 e. The molecule has 1 aliphatic heterocycles. The highest BCUT2D eigenvalue weighted by atomic mass is 32.2. The summed E-state index contributed by atoms with van der Waals surface area (Å²) in [6.07, 6.45) is 0. The molecule has 4 aromatic carbocycles. The lowest BCUT2D eigenvalue weighted by molar-refractivity contribution is -0.143. The molecule has 8 bridgehead atoms. The van der Waals surface area contributed by atoms with E-state index in [9.17, 15) is 19.2 Å². The maximum Gasteiger partial charge on any atom is 0.343 e. The summed E-state index contributed by atoms with van der Waals surface area (Å²) in [5.74, 6) is -1.66. The van der Waals surface area contributed by atoms with Crippen molar-refractivity contribution in [2.45, 2.75) is 144 Å². The summed E-state index contributed by atoms with van der Waals surface area (Å²) >= 11 is 3.83. The summed E-state index contributed by atoms with van der Waals surface area (Å²) in [4.78, 5) is 55.3. The third-order valence-corrected chi connectivity index (χ3v) is 15.4. The molecule has 1 aliphatic rings. The quantitative estimate of drug-likeness (QED) is 0.0857. The van der Waals surface area contributed by atoms with Crippen LogP contribution in [0.5, 0.6) is 23.0 Å². The number of hydrogen-bond acceptors (Lipinski definition) is 16. The van der Waals surface area contributed by atoms with Crippen molar-refractivity contribution in [3.05, 3.63) is 70.8 Å². The maximum atomic E-state index is 16.0. The van der Waals surface area contributed by atoms with Gasteiger partial charge < -0.3 is 37.9 Å². The Labute approximate surface area is 421 Å². The van der Waals surface area contributed by atoms with Crippen LogP contribution in [0.3, 0.4) is 0 Å². The number of benzene rings is 4. The van der Waals surface area contributed by atoms with Gasteiger partial charge in [-0.05, 0) is 92.4 Å². The molecule has 0 N–H and O–H groups in total. The van der Waals surface area contributed by atoms with E-state index in [0.717, 1.165) is 22.3 Å². The summed E-state index contributed by atoms with van der Waals surface area (Å²) in [6, 6.07) is 15.4. The zero-order valence-electron chi connectivity index (χ0n) is 42.4. The van der Waals surface area contributed by atoms with E-state index in [2.05, 4.69) is 41.5 Å². The standard InChI is InChI=1S/C52H64O13S4/c1-49(2,3)29-17-33-45(62-25-41(53)58-13)35(19-29)67-37-21-31(51(7,8)9)23-39(47(37)64-27-43(55)60-15)69(57)40-24-32(52(10,11)12)22-38(48(40)65-28-44(56)61-16)68-36-20-30(50(4,5)6)18-34(66-33)46(36)63-26-42(54)59-14/h17-24H,25-28H2,1-16H3. The van der Waals surface area contributed by atoms with Crippen molar-refractivity contribution in [1.82, 2.24) is 0 Å². The van der Waals surface area contributed by atoms with Crippen LogP contribution in [0.4, 0.5) is 0 Å². The lowest BCUT2D eigenvalue weighted by Crippen LogP contribution is -2.18. The monoisotopic (exact) mass is 1020 g/mol. The van der Waals surface area contributed by atoms with E-state index in [0.29, 0.717) is 40.9 Å². The molecule has 69 heavy (non-hydrogen) atoms. The van der Waals surface area contributed by atoms with Crippen molar-refractivity contribution in [3.63, 3.8) is 0 Å². The molecule has 0 saturated carbocycles. The Morgan fingerprint density at radius 2 is 0.580 bits per heavy atom. The van der Waals surface area contributed by atoms with Gasteiger partial charge in [0, 0.05) is 0 Å². The molecule has 4 aromatic rings. The molecule has 0 amide bonds. The molecule has 17 heteroatoms. The van der Waals surface area contributed by atoms with Crippen LogP contribution in [0.1, 0.15) is 105 Å². The number of hydrogen-bond donors (Lipinski definition) is 0. The van der Waals surface area contributed by atoms with E-state index in [1.807, 2.05) is 77.9 Å². The fraction of sp³-hybridized carbons (Fsp3) is 0.462. The third kappa shape index (κ3) is 13.7. The van der Waals surface area contributed by atoms with Crippen molar-refractivity contribution in [3.8, 4) is 23.0 Å². The van der Waals surface area contributed by atoms with Gasteiger partial charge in [-0.2, -0.15) is 0 Å². The molecule has 5 rings (SSSR count). The molecule has 0 aromatic heterocycles. The number of methoxy groups -OCH3 is 4. The maximum absolute atomic E-state index is 16.0. The zero-order chi connectivity index (χ0) is 51.4. The second kappa shape index (κ2) is 22.1. The number of carbonyl (C=O) groups excluding carboxylic acids is 4. The first-order valence-corrected chi connectivity index (χ1v) is 25.7. The van der Waals surface area contributed by atoms with Crippen LogP contribution in [0.2, 0.25) is 0 Å². The molecular weight excluding hydrogens is 961 g/mol. The average Bonchev–Trinajstić information content (AvgIpc) is 3.26. The van der Waals surface area contributed by atoms with Gasteiger partial charge >= 0.3 is 23.9 Å². The number of fused-ring (bicyclic) bond motifs is 8. The molecular formula is C52H64O13S4. The van der Waals surface area contributed by atoms with Crippen LogP contribution in [-0.4, -0.2) is 83.0 Å². The van der Waals surface area contributed by atoms with Crippen molar-refractivity contribution >= 4 is 70.0 Å². The van der Waals surface area contributed by atoms with Crippen molar-refractivity contribution in [1.29, 1.82) is 0 Å². The molecule has 0 spiro atoms. The minimum atomic E-state index is -2.16. The number of carbonyl (C=O) groups is 4. The van der Waals surface area contributed by atoms with Crippen molar-refractivity contribution < 1.29 is 61.3 Å². The van der Waals surface area contributed by atoms with E-state index in [1.54, 1.807) is 12.1 Å². The zero-order valence-corrected chi connectivity index (χ0v) is 45.7. The Balaban J connectivity index is 2.09. The molecule has 0 saturated heterocycles. The number of rotatable bonds is 12. The molecule has 374 valence electrons. The fourth-order valence-corrected chi connectivity index (χ4v) is 11.6.